The first kappa shape index (κ1) is 28.9. The summed E-state index contributed by atoms with van der Waals surface area (Å²) in [5.74, 6) is 0. The minimum atomic E-state index is -0.377. The number of cyclic esters (lactones) is 1. The number of carbonyl (C=O) groups is 1. The number of aliphatic hydroxyl groups is 1. The molecule has 1 aliphatic rings. The number of hydrogen-bond donors (Lipinski definition) is 3. The first-order valence-electron chi connectivity index (χ1n) is 12.6. The van der Waals surface area contributed by atoms with E-state index in [0.717, 1.165) is 39.1 Å². The van der Waals surface area contributed by atoms with Crippen molar-refractivity contribution >= 4 is 34.7 Å². The highest BCUT2D eigenvalue weighted by Gasteiger charge is 2.32. The summed E-state index contributed by atoms with van der Waals surface area (Å²) in [7, 11) is 0. The molecule has 0 radical (unpaired) electrons. The van der Waals surface area contributed by atoms with Crippen LogP contribution in [0.4, 0.5) is 10.5 Å². The van der Waals surface area contributed by atoms with Crippen LogP contribution in [-0.2, 0) is 17.7 Å². The molecule has 1 atom stereocenters. The predicted molar refractivity (Wildman–Crippen MR) is 150 cm³/mol. The number of amides is 1. The van der Waals surface area contributed by atoms with Gasteiger partial charge >= 0.3 is 6.09 Å². The van der Waals surface area contributed by atoms with Crippen molar-refractivity contribution in [3.63, 3.8) is 0 Å². The van der Waals surface area contributed by atoms with E-state index in [2.05, 4.69) is 10.6 Å². The molecule has 10 heteroatoms. The van der Waals surface area contributed by atoms with Crippen LogP contribution in [0.25, 0.3) is 5.69 Å². The summed E-state index contributed by atoms with van der Waals surface area (Å²) in [4.78, 5) is 28.1. The smallest absolute Gasteiger partial charge is 0.414 e. The summed E-state index contributed by atoms with van der Waals surface area (Å²) >= 11 is 7.49. The lowest BCUT2D eigenvalue weighted by Crippen LogP contribution is -2.30. The SMILES string of the molecule is CC.O=C1OC(CNCc2ccc(Cl)s2)CN1c1ccc(-n2cccc(CCCNCCO)c2=O)cc1. The predicted octanol–water partition coefficient (Wildman–Crippen LogP) is 4.21. The van der Waals surface area contributed by atoms with Gasteiger partial charge in [-0.25, -0.2) is 4.79 Å². The minimum Gasteiger partial charge on any atom is -0.443 e. The highest BCUT2D eigenvalue weighted by molar-refractivity contribution is 7.16. The number of nitrogens with zero attached hydrogens (tertiary/aromatic N) is 2. The number of aryl methyl sites for hydroxylation is 1. The van der Waals surface area contributed by atoms with Crippen molar-refractivity contribution in [2.45, 2.75) is 39.3 Å². The molecule has 37 heavy (non-hydrogen) atoms. The van der Waals surface area contributed by atoms with E-state index in [1.807, 2.05) is 62.4 Å². The maximum Gasteiger partial charge on any atom is 0.414 e. The standard InChI is InChI=1S/C25H29ClN4O4S.C2H6/c26-23-10-9-22(35-23)16-28-15-21-17-30(25(33)34-21)20-7-5-19(6-8-20)29-13-2-4-18(24(29)32)3-1-11-27-12-14-31;1-2/h2,4-10,13,21,27-28,31H,1,3,11-12,14-17H2;1-2H3. The Balaban J connectivity index is 0.00000186. The van der Waals surface area contributed by atoms with E-state index < -0.39 is 0 Å². The van der Waals surface area contributed by atoms with Gasteiger partial charge in [0.15, 0.2) is 0 Å². The van der Waals surface area contributed by atoms with Gasteiger partial charge in [-0.1, -0.05) is 31.5 Å². The second kappa shape index (κ2) is 14.9. The molecule has 1 aromatic carbocycles. The van der Waals surface area contributed by atoms with Crippen LogP contribution < -0.4 is 21.1 Å². The summed E-state index contributed by atoms with van der Waals surface area (Å²) < 4.78 is 7.88. The lowest BCUT2D eigenvalue weighted by atomic mass is 10.1. The summed E-state index contributed by atoms with van der Waals surface area (Å²) in [6, 6.07) is 14.9. The first-order valence-corrected chi connectivity index (χ1v) is 13.8. The van der Waals surface area contributed by atoms with Gasteiger partial charge in [-0.15, -0.1) is 11.3 Å². The molecule has 3 heterocycles. The third-order valence-corrected chi connectivity index (χ3v) is 6.96. The van der Waals surface area contributed by atoms with Crippen LogP contribution in [0.3, 0.4) is 0 Å². The van der Waals surface area contributed by atoms with E-state index in [-0.39, 0.29) is 24.4 Å². The van der Waals surface area contributed by atoms with Crippen molar-refractivity contribution in [2.24, 2.45) is 0 Å². The first-order chi connectivity index (χ1) is 18.0. The summed E-state index contributed by atoms with van der Waals surface area (Å²) in [6.07, 6.45) is 2.59. The van der Waals surface area contributed by atoms with E-state index >= 15 is 0 Å². The largest absolute Gasteiger partial charge is 0.443 e. The van der Waals surface area contributed by atoms with Crippen LogP contribution in [0, 0.1) is 0 Å². The van der Waals surface area contributed by atoms with Gasteiger partial charge in [0, 0.05) is 47.6 Å². The quantitative estimate of drug-likeness (QED) is 0.295. The third-order valence-electron chi connectivity index (χ3n) is 5.73. The zero-order chi connectivity index (χ0) is 26.6. The zero-order valence-electron chi connectivity index (χ0n) is 21.3. The number of anilines is 1. The fourth-order valence-electron chi connectivity index (χ4n) is 3.98. The zero-order valence-corrected chi connectivity index (χ0v) is 22.9. The van der Waals surface area contributed by atoms with Gasteiger partial charge in [0.05, 0.1) is 17.5 Å². The van der Waals surface area contributed by atoms with Gasteiger partial charge in [0.25, 0.3) is 5.56 Å². The van der Waals surface area contributed by atoms with E-state index in [1.165, 1.54) is 11.3 Å². The van der Waals surface area contributed by atoms with E-state index in [0.29, 0.717) is 32.6 Å². The second-order valence-corrected chi connectivity index (χ2v) is 10.1. The number of aromatic nitrogens is 1. The summed E-state index contributed by atoms with van der Waals surface area (Å²) in [5, 5.41) is 15.3. The van der Waals surface area contributed by atoms with Crippen molar-refractivity contribution in [2.75, 3.05) is 37.7 Å². The van der Waals surface area contributed by atoms with E-state index in [4.69, 9.17) is 21.4 Å². The van der Waals surface area contributed by atoms with Crippen LogP contribution in [-0.4, -0.2) is 54.7 Å². The van der Waals surface area contributed by atoms with Crippen LogP contribution in [0.1, 0.15) is 30.7 Å². The number of benzene rings is 1. The minimum absolute atomic E-state index is 0.0545. The molecule has 1 saturated heterocycles. The third kappa shape index (κ3) is 8.15. The molecule has 200 valence electrons. The maximum absolute atomic E-state index is 12.9. The second-order valence-electron chi connectivity index (χ2n) is 8.26. The monoisotopic (exact) mass is 546 g/mol. The molecular formula is C27H35ClN4O4S. The van der Waals surface area contributed by atoms with E-state index in [9.17, 15) is 9.59 Å². The Labute approximate surface area is 226 Å². The average molecular weight is 547 g/mol. The highest BCUT2D eigenvalue weighted by Crippen LogP contribution is 2.24. The topological polar surface area (TPSA) is 95.8 Å². The van der Waals surface area contributed by atoms with Crippen LogP contribution in [0.15, 0.2) is 59.5 Å². The summed E-state index contributed by atoms with van der Waals surface area (Å²) in [6.45, 7) is 7.08. The maximum atomic E-state index is 12.9. The normalized spacial score (nSPS) is 14.9. The van der Waals surface area contributed by atoms with Gasteiger partial charge in [0.2, 0.25) is 0 Å². The van der Waals surface area contributed by atoms with Gasteiger partial charge in [-0.05, 0) is 61.9 Å². The van der Waals surface area contributed by atoms with Gasteiger partial charge in [-0.3, -0.25) is 14.3 Å². The van der Waals surface area contributed by atoms with Crippen molar-refractivity contribution in [3.05, 3.63) is 79.9 Å². The fraction of sp³-hybridized carbons (Fsp3) is 0.407. The number of nitrogens with one attached hydrogen (secondary N) is 2. The molecule has 0 spiro atoms. The number of aliphatic hydroxyl groups excluding tert-OH is 1. The molecule has 1 aliphatic heterocycles. The molecule has 4 rings (SSSR count). The molecule has 8 nitrogen and oxygen atoms in total. The van der Waals surface area contributed by atoms with Crippen molar-refractivity contribution in [1.29, 1.82) is 0 Å². The Bertz CT molecular complexity index is 1180. The average Bonchev–Trinajstić information content (AvgIpc) is 3.50. The van der Waals surface area contributed by atoms with Crippen LogP contribution >= 0.6 is 22.9 Å². The van der Waals surface area contributed by atoms with Crippen molar-refractivity contribution in [1.82, 2.24) is 15.2 Å². The lowest BCUT2D eigenvalue weighted by molar-refractivity contribution is 0.140. The van der Waals surface area contributed by atoms with Gasteiger partial charge in [0.1, 0.15) is 6.10 Å². The molecule has 1 amide bonds. The molecule has 0 saturated carbocycles. The molecule has 1 unspecified atom stereocenters. The van der Waals surface area contributed by atoms with Crippen molar-refractivity contribution < 1.29 is 14.6 Å². The Morgan fingerprint density at radius 1 is 1.05 bits per heavy atom. The molecular weight excluding hydrogens is 512 g/mol. The number of pyridine rings is 1. The van der Waals surface area contributed by atoms with E-state index in [1.54, 1.807) is 15.7 Å². The Hall–Kier alpha value is -2.69. The molecule has 2 aromatic heterocycles. The Morgan fingerprint density at radius 3 is 2.51 bits per heavy atom. The molecule has 1 fully saturated rings. The molecule has 0 aliphatic carbocycles. The van der Waals surface area contributed by atoms with Crippen molar-refractivity contribution in [3.8, 4) is 5.69 Å². The lowest BCUT2D eigenvalue weighted by Gasteiger charge is -2.14. The number of carbonyl (C=O) groups excluding carboxylic acids is 1. The Morgan fingerprint density at radius 2 is 1.81 bits per heavy atom. The van der Waals surface area contributed by atoms with Gasteiger partial charge in [-0.2, -0.15) is 0 Å². The number of ether oxygens (including phenoxy) is 1. The van der Waals surface area contributed by atoms with Crippen LogP contribution in [0.5, 0.6) is 0 Å². The van der Waals surface area contributed by atoms with Crippen LogP contribution in [0.2, 0.25) is 4.34 Å². The molecule has 3 aromatic rings. The number of thiophene rings is 1. The highest BCUT2D eigenvalue weighted by atomic mass is 35.5. The fourth-order valence-corrected chi connectivity index (χ4v) is 5.03. The van der Waals surface area contributed by atoms with Gasteiger partial charge < -0.3 is 20.5 Å². The number of rotatable bonds is 12. The summed E-state index contributed by atoms with van der Waals surface area (Å²) in [5.41, 5.74) is 2.15. The molecule has 3 N–H and O–H groups in total. The molecule has 0 bridgehead atoms. The Kier molecular flexibility index (Phi) is 11.6. The number of halogens is 1. The number of hydrogen-bond acceptors (Lipinski definition) is 7.